The fourth-order valence-electron chi connectivity index (χ4n) is 5.10. The minimum Gasteiger partial charge on any atom is -0.311 e. The Morgan fingerprint density at radius 1 is 0.800 bits per heavy atom. The Hall–Kier alpha value is 0.310. The van der Waals surface area contributed by atoms with Crippen LogP contribution < -0.4 is 5.32 Å². The van der Waals surface area contributed by atoms with Gasteiger partial charge in [-0.3, -0.25) is 0 Å². The van der Waals surface area contributed by atoms with Gasteiger partial charge in [0.1, 0.15) is 0 Å². The van der Waals surface area contributed by atoms with Gasteiger partial charge in [0, 0.05) is 17.3 Å². The van der Waals surface area contributed by atoms with Gasteiger partial charge in [0.25, 0.3) is 0 Å². The standard InChI is InChI=1S/C18H33NS/c1-20-16-12-11-15(13-16)19-18-10-6-5-9-17(18)14-7-3-2-4-8-14/h14-19H,2-13H2,1H3. The second-order valence-electron chi connectivity index (χ2n) is 7.49. The van der Waals surface area contributed by atoms with Crippen molar-refractivity contribution < 1.29 is 0 Å². The molecule has 0 aliphatic heterocycles. The summed E-state index contributed by atoms with van der Waals surface area (Å²) in [5.41, 5.74) is 0. The summed E-state index contributed by atoms with van der Waals surface area (Å²) in [5.74, 6) is 2.07. The molecular weight excluding hydrogens is 262 g/mol. The highest BCUT2D eigenvalue weighted by atomic mass is 32.2. The van der Waals surface area contributed by atoms with Gasteiger partial charge >= 0.3 is 0 Å². The predicted molar refractivity (Wildman–Crippen MR) is 90.4 cm³/mol. The van der Waals surface area contributed by atoms with E-state index in [1.165, 1.54) is 77.0 Å². The fraction of sp³-hybridized carbons (Fsp3) is 1.00. The van der Waals surface area contributed by atoms with Crippen LogP contribution in [-0.2, 0) is 0 Å². The van der Waals surface area contributed by atoms with Crippen LogP contribution in [0.25, 0.3) is 0 Å². The second kappa shape index (κ2) is 7.54. The van der Waals surface area contributed by atoms with Gasteiger partial charge in [0.15, 0.2) is 0 Å². The monoisotopic (exact) mass is 295 g/mol. The van der Waals surface area contributed by atoms with Crippen molar-refractivity contribution in [2.75, 3.05) is 6.26 Å². The summed E-state index contributed by atoms with van der Waals surface area (Å²) in [5, 5.41) is 5.05. The molecule has 0 saturated heterocycles. The summed E-state index contributed by atoms with van der Waals surface area (Å²) in [6.07, 6.45) is 20.1. The molecule has 0 aromatic carbocycles. The van der Waals surface area contributed by atoms with Crippen molar-refractivity contribution in [3.05, 3.63) is 0 Å². The Labute approximate surface area is 130 Å². The molecule has 4 unspecified atom stereocenters. The van der Waals surface area contributed by atoms with Gasteiger partial charge in [0.05, 0.1) is 0 Å². The summed E-state index contributed by atoms with van der Waals surface area (Å²) in [6, 6.07) is 1.69. The van der Waals surface area contributed by atoms with Crippen LogP contribution in [0.15, 0.2) is 0 Å². The first-order chi connectivity index (χ1) is 9.86. The van der Waals surface area contributed by atoms with Crippen LogP contribution >= 0.6 is 11.8 Å². The normalized spacial score (nSPS) is 40.0. The lowest BCUT2D eigenvalue weighted by molar-refractivity contribution is 0.142. The van der Waals surface area contributed by atoms with E-state index in [1.54, 1.807) is 0 Å². The molecule has 0 aromatic heterocycles. The molecule has 0 spiro atoms. The molecule has 0 aromatic rings. The topological polar surface area (TPSA) is 12.0 Å². The minimum atomic E-state index is 0.835. The Morgan fingerprint density at radius 3 is 2.30 bits per heavy atom. The van der Waals surface area contributed by atoms with Crippen molar-refractivity contribution >= 4 is 11.8 Å². The third kappa shape index (κ3) is 3.74. The van der Waals surface area contributed by atoms with E-state index < -0.39 is 0 Å². The van der Waals surface area contributed by atoms with Crippen LogP contribution in [-0.4, -0.2) is 23.6 Å². The smallest absolute Gasteiger partial charge is 0.0101 e. The first kappa shape index (κ1) is 15.2. The third-order valence-electron chi connectivity index (χ3n) is 6.24. The van der Waals surface area contributed by atoms with Crippen molar-refractivity contribution in [1.82, 2.24) is 5.32 Å². The first-order valence-electron chi connectivity index (χ1n) is 9.15. The van der Waals surface area contributed by atoms with Crippen molar-refractivity contribution in [1.29, 1.82) is 0 Å². The maximum absolute atomic E-state index is 4.12. The number of nitrogens with one attached hydrogen (secondary N) is 1. The van der Waals surface area contributed by atoms with E-state index in [0.29, 0.717) is 0 Å². The van der Waals surface area contributed by atoms with Crippen LogP contribution in [0.4, 0.5) is 0 Å². The van der Waals surface area contributed by atoms with Crippen molar-refractivity contribution in [2.24, 2.45) is 11.8 Å². The molecule has 2 heteroatoms. The van der Waals surface area contributed by atoms with E-state index in [1.807, 2.05) is 0 Å². The average Bonchev–Trinajstić information content (AvgIpc) is 2.96. The average molecular weight is 296 g/mol. The molecular formula is C18H33NS. The van der Waals surface area contributed by atoms with E-state index in [0.717, 1.165) is 29.2 Å². The molecule has 3 rings (SSSR count). The van der Waals surface area contributed by atoms with Crippen molar-refractivity contribution in [3.63, 3.8) is 0 Å². The zero-order valence-corrected chi connectivity index (χ0v) is 14.1. The SMILES string of the molecule is CSC1CCC(NC2CCCCC2C2CCCCC2)C1. The lowest BCUT2D eigenvalue weighted by atomic mass is 9.71. The third-order valence-corrected chi connectivity index (χ3v) is 7.34. The fourth-order valence-corrected chi connectivity index (χ4v) is 5.90. The molecule has 0 heterocycles. The zero-order chi connectivity index (χ0) is 13.8. The molecule has 0 bridgehead atoms. The molecule has 1 N–H and O–H groups in total. The molecule has 3 fully saturated rings. The lowest BCUT2D eigenvalue weighted by Gasteiger charge is -2.40. The predicted octanol–water partition coefficient (Wildman–Crippen LogP) is 5.00. The molecule has 3 saturated carbocycles. The summed E-state index contributed by atoms with van der Waals surface area (Å²) in [6.45, 7) is 0. The highest BCUT2D eigenvalue weighted by Crippen LogP contribution is 2.39. The van der Waals surface area contributed by atoms with Crippen LogP contribution in [0, 0.1) is 11.8 Å². The van der Waals surface area contributed by atoms with Gasteiger partial charge in [-0.25, -0.2) is 0 Å². The second-order valence-corrected chi connectivity index (χ2v) is 8.63. The molecule has 3 aliphatic rings. The van der Waals surface area contributed by atoms with Gasteiger partial charge in [-0.05, 0) is 50.2 Å². The number of hydrogen-bond donors (Lipinski definition) is 1. The Bertz CT molecular complexity index is 287. The van der Waals surface area contributed by atoms with E-state index in [4.69, 9.17) is 0 Å². The maximum atomic E-state index is 4.12. The molecule has 0 radical (unpaired) electrons. The molecule has 0 amide bonds. The van der Waals surface area contributed by atoms with E-state index in [-0.39, 0.29) is 0 Å². The maximum Gasteiger partial charge on any atom is 0.0101 e. The molecule has 3 aliphatic carbocycles. The van der Waals surface area contributed by atoms with Crippen molar-refractivity contribution in [2.45, 2.75) is 94.4 Å². The van der Waals surface area contributed by atoms with E-state index in [2.05, 4.69) is 23.3 Å². The summed E-state index contributed by atoms with van der Waals surface area (Å²) in [7, 11) is 0. The van der Waals surface area contributed by atoms with E-state index in [9.17, 15) is 0 Å². The highest BCUT2D eigenvalue weighted by molar-refractivity contribution is 7.99. The van der Waals surface area contributed by atoms with E-state index >= 15 is 0 Å². The summed E-state index contributed by atoms with van der Waals surface area (Å²) >= 11 is 2.09. The number of thioether (sulfide) groups is 1. The molecule has 20 heavy (non-hydrogen) atoms. The summed E-state index contributed by atoms with van der Waals surface area (Å²) < 4.78 is 0. The quantitative estimate of drug-likeness (QED) is 0.783. The Kier molecular flexibility index (Phi) is 5.73. The first-order valence-corrected chi connectivity index (χ1v) is 10.4. The molecule has 4 atom stereocenters. The van der Waals surface area contributed by atoms with Gasteiger partial charge in [0.2, 0.25) is 0 Å². The number of hydrogen-bond acceptors (Lipinski definition) is 2. The van der Waals surface area contributed by atoms with Gasteiger partial charge < -0.3 is 5.32 Å². The van der Waals surface area contributed by atoms with Crippen LogP contribution in [0.1, 0.15) is 77.0 Å². The Morgan fingerprint density at radius 2 is 1.55 bits per heavy atom. The molecule has 1 nitrogen and oxygen atoms in total. The van der Waals surface area contributed by atoms with Gasteiger partial charge in [-0.15, -0.1) is 0 Å². The lowest BCUT2D eigenvalue weighted by Crippen LogP contribution is -2.46. The highest BCUT2D eigenvalue weighted by Gasteiger charge is 2.34. The Balaban J connectivity index is 1.55. The largest absolute Gasteiger partial charge is 0.311 e. The van der Waals surface area contributed by atoms with Crippen LogP contribution in [0.3, 0.4) is 0 Å². The summed E-state index contributed by atoms with van der Waals surface area (Å²) in [4.78, 5) is 0. The van der Waals surface area contributed by atoms with Gasteiger partial charge in [-0.2, -0.15) is 11.8 Å². The minimum absolute atomic E-state index is 0.835. The van der Waals surface area contributed by atoms with Crippen LogP contribution in [0.5, 0.6) is 0 Å². The van der Waals surface area contributed by atoms with Crippen molar-refractivity contribution in [3.8, 4) is 0 Å². The van der Waals surface area contributed by atoms with Gasteiger partial charge in [-0.1, -0.05) is 44.9 Å². The molecule has 116 valence electrons. The van der Waals surface area contributed by atoms with Crippen LogP contribution in [0.2, 0.25) is 0 Å². The number of rotatable bonds is 4. The zero-order valence-electron chi connectivity index (χ0n) is 13.3.